The third kappa shape index (κ3) is 3.91. The molecule has 1 fully saturated rings. The Morgan fingerprint density at radius 2 is 2.08 bits per heavy atom. The molecule has 0 atom stereocenters. The van der Waals surface area contributed by atoms with E-state index in [1.807, 2.05) is 6.92 Å². The fourth-order valence-electron chi connectivity index (χ4n) is 2.89. The normalized spacial score (nSPS) is 20.6. The minimum absolute atomic E-state index is 0.0459. The number of nitrogens with one attached hydrogen (secondary N) is 2. The molecule has 128 valence electrons. The van der Waals surface area contributed by atoms with E-state index in [0.29, 0.717) is 24.2 Å². The van der Waals surface area contributed by atoms with Crippen molar-refractivity contribution in [2.75, 3.05) is 5.32 Å². The second-order valence-corrected chi connectivity index (χ2v) is 6.23. The molecule has 1 aromatic carbocycles. The fourth-order valence-corrected chi connectivity index (χ4v) is 2.89. The van der Waals surface area contributed by atoms with Crippen molar-refractivity contribution >= 4 is 11.7 Å². The monoisotopic (exact) mass is 332 g/mol. The molecule has 2 amide bonds. The minimum atomic E-state index is -0.461. The van der Waals surface area contributed by atoms with Crippen LogP contribution in [0.1, 0.15) is 31.2 Å². The van der Waals surface area contributed by atoms with E-state index in [-0.39, 0.29) is 18.2 Å². The third-order valence-corrected chi connectivity index (χ3v) is 4.20. The van der Waals surface area contributed by atoms with Gasteiger partial charge in [-0.3, -0.25) is 0 Å². The van der Waals surface area contributed by atoms with Gasteiger partial charge in [-0.25, -0.2) is 13.9 Å². The SMILES string of the molecule is Cc1cnn(-c2ccc(NC(=O)NC3CCC(O)CC3)cc2F)c1. The van der Waals surface area contributed by atoms with Gasteiger partial charge in [0.2, 0.25) is 0 Å². The predicted molar refractivity (Wildman–Crippen MR) is 88.7 cm³/mol. The van der Waals surface area contributed by atoms with Crippen LogP contribution in [0.5, 0.6) is 0 Å². The van der Waals surface area contributed by atoms with Gasteiger partial charge in [0.05, 0.1) is 12.3 Å². The Bertz CT molecular complexity index is 723. The lowest BCUT2D eigenvalue weighted by atomic mass is 9.93. The summed E-state index contributed by atoms with van der Waals surface area (Å²) in [6, 6.07) is 4.17. The molecule has 3 rings (SSSR count). The third-order valence-electron chi connectivity index (χ3n) is 4.20. The van der Waals surface area contributed by atoms with Crippen molar-refractivity contribution in [3.05, 3.63) is 42.0 Å². The summed E-state index contributed by atoms with van der Waals surface area (Å²) in [5.41, 5.74) is 1.65. The van der Waals surface area contributed by atoms with Gasteiger partial charge in [0.15, 0.2) is 5.82 Å². The van der Waals surface area contributed by atoms with Crippen LogP contribution in [-0.2, 0) is 0 Å². The maximum Gasteiger partial charge on any atom is 0.319 e. The Hall–Kier alpha value is -2.41. The lowest BCUT2D eigenvalue weighted by molar-refractivity contribution is 0.118. The number of aliphatic hydroxyl groups is 1. The van der Waals surface area contributed by atoms with Gasteiger partial charge in [0.1, 0.15) is 5.69 Å². The molecule has 2 aromatic rings. The Morgan fingerprint density at radius 1 is 1.33 bits per heavy atom. The van der Waals surface area contributed by atoms with E-state index in [4.69, 9.17) is 0 Å². The number of benzene rings is 1. The maximum atomic E-state index is 14.2. The number of anilines is 1. The van der Waals surface area contributed by atoms with Crippen LogP contribution in [0.15, 0.2) is 30.6 Å². The molecule has 1 aromatic heterocycles. The molecular formula is C17H21FN4O2. The number of hydrogen-bond acceptors (Lipinski definition) is 3. The average Bonchev–Trinajstić information content (AvgIpc) is 2.96. The number of amides is 2. The van der Waals surface area contributed by atoms with E-state index in [9.17, 15) is 14.3 Å². The predicted octanol–water partition coefficient (Wildman–Crippen LogP) is 2.74. The van der Waals surface area contributed by atoms with Gasteiger partial charge < -0.3 is 15.7 Å². The van der Waals surface area contributed by atoms with Gasteiger partial charge in [-0.1, -0.05) is 0 Å². The van der Waals surface area contributed by atoms with Gasteiger partial charge in [0.25, 0.3) is 0 Å². The molecule has 3 N–H and O–H groups in total. The molecule has 0 unspecified atom stereocenters. The molecule has 0 saturated heterocycles. The van der Waals surface area contributed by atoms with Crippen molar-refractivity contribution in [3.63, 3.8) is 0 Å². The van der Waals surface area contributed by atoms with E-state index in [1.165, 1.54) is 10.7 Å². The van der Waals surface area contributed by atoms with Gasteiger partial charge in [0, 0.05) is 17.9 Å². The molecule has 0 aliphatic heterocycles. The number of aliphatic hydroxyl groups excluding tert-OH is 1. The zero-order valence-electron chi connectivity index (χ0n) is 13.5. The van der Waals surface area contributed by atoms with Gasteiger partial charge in [-0.2, -0.15) is 5.10 Å². The summed E-state index contributed by atoms with van der Waals surface area (Å²) in [7, 11) is 0. The standard InChI is InChI=1S/C17H21FN4O2/c1-11-9-19-22(10-11)16-7-4-13(8-15(16)18)21-17(24)20-12-2-5-14(23)6-3-12/h4,7-10,12,14,23H,2-3,5-6H2,1H3,(H2,20,21,24). The van der Waals surface area contributed by atoms with Crippen LogP contribution in [0.3, 0.4) is 0 Å². The number of aromatic nitrogens is 2. The maximum absolute atomic E-state index is 14.2. The summed E-state index contributed by atoms with van der Waals surface area (Å²) in [6.07, 6.45) is 6.00. The first-order chi connectivity index (χ1) is 11.5. The summed E-state index contributed by atoms with van der Waals surface area (Å²) in [5, 5.41) is 19.0. The summed E-state index contributed by atoms with van der Waals surface area (Å²) in [6.45, 7) is 1.88. The number of urea groups is 1. The first-order valence-corrected chi connectivity index (χ1v) is 8.08. The van der Waals surface area contributed by atoms with Gasteiger partial charge >= 0.3 is 6.03 Å². The van der Waals surface area contributed by atoms with Crippen LogP contribution < -0.4 is 10.6 Å². The summed E-state index contributed by atoms with van der Waals surface area (Å²) >= 11 is 0. The van der Waals surface area contributed by atoms with E-state index in [1.54, 1.807) is 24.5 Å². The zero-order chi connectivity index (χ0) is 17.1. The number of aryl methyl sites for hydroxylation is 1. The van der Waals surface area contributed by atoms with E-state index in [2.05, 4.69) is 15.7 Å². The van der Waals surface area contributed by atoms with E-state index >= 15 is 0 Å². The van der Waals surface area contributed by atoms with E-state index in [0.717, 1.165) is 18.4 Å². The van der Waals surface area contributed by atoms with Crippen LogP contribution in [0, 0.1) is 12.7 Å². The lowest BCUT2D eigenvalue weighted by Gasteiger charge is -2.26. The second kappa shape index (κ2) is 7.00. The highest BCUT2D eigenvalue weighted by Gasteiger charge is 2.20. The van der Waals surface area contributed by atoms with Crippen molar-refractivity contribution < 1.29 is 14.3 Å². The van der Waals surface area contributed by atoms with Crippen molar-refractivity contribution in [3.8, 4) is 5.69 Å². The molecule has 0 bridgehead atoms. The van der Waals surface area contributed by atoms with Crippen molar-refractivity contribution in [2.45, 2.75) is 44.8 Å². The van der Waals surface area contributed by atoms with Crippen LogP contribution in [-0.4, -0.2) is 33.1 Å². The molecule has 1 saturated carbocycles. The number of carbonyl (C=O) groups excluding carboxylic acids is 1. The molecule has 24 heavy (non-hydrogen) atoms. The topological polar surface area (TPSA) is 79.2 Å². The number of nitrogens with zero attached hydrogens (tertiary/aromatic N) is 2. The molecule has 7 heteroatoms. The van der Waals surface area contributed by atoms with Gasteiger partial charge in [-0.05, 0) is 56.4 Å². The summed E-state index contributed by atoms with van der Waals surface area (Å²) in [5.74, 6) is -0.461. The molecule has 0 radical (unpaired) electrons. The van der Waals surface area contributed by atoms with Crippen molar-refractivity contribution in [1.82, 2.24) is 15.1 Å². The minimum Gasteiger partial charge on any atom is -0.393 e. The Kier molecular flexibility index (Phi) is 4.80. The van der Waals surface area contributed by atoms with Crippen LogP contribution in [0.2, 0.25) is 0 Å². The highest BCUT2D eigenvalue weighted by molar-refractivity contribution is 5.89. The number of carbonyl (C=O) groups is 1. The largest absolute Gasteiger partial charge is 0.393 e. The molecule has 1 aliphatic carbocycles. The molecule has 1 aliphatic rings. The Morgan fingerprint density at radius 3 is 2.71 bits per heavy atom. The smallest absolute Gasteiger partial charge is 0.319 e. The highest BCUT2D eigenvalue weighted by atomic mass is 19.1. The second-order valence-electron chi connectivity index (χ2n) is 6.23. The summed E-state index contributed by atoms with van der Waals surface area (Å²) < 4.78 is 15.7. The van der Waals surface area contributed by atoms with Crippen LogP contribution >= 0.6 is 0 Å². The lowest BCUT2D eigenvalue weighted by Crippen LogP contribution is -2.40. The number of rotatable bonds is 3. The molecular weight excluding hydrogens is 311 g/mol. The van der Waals surface area contributed by atoms with Crippen LogP contribution in [0.4, 0.5) is 14.9 Å². The fraction of sp³-hybridized carbons (Fsp3) is 0.412. The molecule has 0 spiro atoms. The Balaban J connectivity index is 1.61. The Labute approximate surface area is 139 Å². The van der Waals surface area contributed by atoms with Crippen molar-refractivity contribution in [2.24, 2.45) is 0 Å². The van der Waals surface area contributed by atoms with Crippen LogP contribution in [0.25, 0.3) is 5.69 Å². The first kappa shape index (κ1) is 16.4. The number of hydrogen-bond donors (Lipinski definition) is 3. The summed E-state index contributed by atoms with van der Waals surface area (Å²) in [4.78, 5) is 12.0. The molecule has 1 heterocycles. The first-order valence-electron chi connectivity index (χ1n) is 8.08. The average molecular weight is 332 g/mol. The van der Waals surface area contributed by atoms with Gasteiger partial charge in [-0.15, -0.1) is 0 Å². The highest BCUT2D eigenvalue weighted by Crippen LogP contribution is 2.20. The van der Waals surface area contributed by atoms with Crippen molar-refractivity contribution in [1.29, 1.82) is 0 Å². The van der Waals surface area contributed by atoms with E-state index < -0.39 is 5.82 Å². The quantitative estimate of drug-likeness (QED) is 0.808. The molecule has 6 nitrogen and oxygen atoms in total. The number of halogens is 1. The zero-order valence-corrected chi connectivity index (χ0v) is 13.5.